The predicted molar refractivity (Wildman–Crippen MR) is 398 cm³/mol. The summed E-state index contributed by atoms with van der Waals surface area (Å²) in [5, 5.41) is 59.3. The monoisotopic (exact) mass is 1800 g/mol. The van der Waals surface area contributed by atoms with Crippen molar-refractivity contribution in [2.45, 2.75) is 175 Å². The predicted octanol–water partition coefficient (Wildman–Crippen LogP) is 11.7. The number of imide groups is 1. The maximum Gasteiger partial charge on any atom is 0.232 e. The summed E-state index contributed by atoms with van der Waals surface area (Å²) in [5.74, 6) is -2.79. The number of nitrogens with zero attached hydrogens (tertiary/aromatic N) is 1. The minimum Gasteiger partial charge on any atom is -0.693 e. The van der Waals surface area contributed by atoms with Gasteiger partial charge < -0.3 is 123 Å². The van der Waals surface area contributed by atoms with E-state index < -0.39 is 103 Å². The molecule has 38 heteroatoms. The number of carbonyl (C=O) groups is 11. The van der Waals surface area contributed by atoms with Gasteiger partial charge in [0, 0.05) is 161 Å². The van der Waals surface area contributed by atoms with Gasteiger partial charge in [-0.1, -0.05) is 88.7 Å². The van der Waals surface area contributed by atoms with Gasteiger partial charge in [0.1, 0.15) is 67.6 Å². The van der Waals surface area contributed by atoms with Crippen molar-refractivity contribution in [3.05, 3.63) is 161 Å². The van der Waals surface area contributed by atoms with Crippen LogP contribution in [0, 0.1) is 41.3 Å². The zero-order valence-corrected chi connectivity index (χ0v) is 71.5. The molecule has 10 atom stereocenters. The van der Waals surface area contributed by atoms with Crippen LogP contribution in [-0.4, -0.2) is 185 Å². The van der Waals surface area contributed by atoms with Gasteiger partial charge in [-0.15, -0.1) is 0 Å². The molecule has 3 aliphatic heterocycles. The number of aldehydes is 4. The maximum absolute atomic E-state index is 11.4. The van der Waals surface area contributed by atoms with Crippen LogP contribution in [0.3, 0.4) is 0 Å². The number of ether oxygens (including phenoxy) is 7. The molecule has 603 valence electrons. The molecule has 10 unspecified atom stereocenters. The molecule has 0 saturated carbocycles. The number of hydrogen-bond acceptors (Lipinski definition) is 27. The summed E-state index contributed by atoms with van der Waals surface area (Å²) >= 11 is 4.33. The van der Waals surface area contributed by atoms with Crippen molar-refractivity contribution >= 4 is 92.1 Å². The van der Waals surface area contributed by atoms with E-state index in [1.54, 1.807) is 91.2 Å². The number of aliphatic hydroxyl groups excluding tert-OH is 4. The van der Waals surface area contributed by atoms with Crippen molar-refractivity contribution in [3.63, 3.8) is 0 Å². The molecule has 3 aliphatic rings. The zero-order valence-electron chi connectivity index (χ0n) is 63.4. The van der Waals surface area contributed by atoms with Crippen molar-refractivity contribution in [2.75, 3.05) is 19.5 Å². The van der Waals surface area contributed by atoms with Gasteiger partial charge in [-0.05, 0) is 129 Å². The van der Waals surface area contributed by atoms with Gasteiger partial charge in [-0.2, -0.15) is 12.5 Å². The largest absolute Gasteiger partial charge is 0.693 e. The molecule has 5 amide bonds. The fourth-order valence-electron chi connectivity index (χ4n) is 9.18. The molecule has 4 aromatic carbocycles. The molecule has 0 spiro atoms. The quantitative estimate of drug-likeness (QED) is 0.00614. The first-order chi connectivity index (χ1) is 49.2. The van der Waals surface area contributed by atoms with Gasteiger partial charge in [0.05, 0.1) is 55.7 Å². The van der Waals surface area contributed by atoms with Gasteiger partial charge in [-0.25, -0.2) is 14.4 Å². The number of rotatable bonds is 24. The number of terminal acetylenes is 1. The molecule has 109 heavy (non-hydrogen) atoms. The van der Waals surface area contributed by atoms with Gasteiger partial charge >= 0.3 is 26.3 Å². The molecule has 0 aromatic heterocycles. The number of phenols is 1. The second kappa shape index (κ2) is 70.2. The van der Waals surface area contributed by atoms with E-state index >= 15 is 0 Å². The molecule has 0 bridgehead atoms. The van der Waals surface area contributed by atoms with E-state index in [9.17, 15) is 73.2 Å². The molecule has 3 radical (unpaired) electrons. The van der Waals surface area contributed by atoms with E-state index in [2.05, 4.69) is 26.7 Å². The molecule has 33 nitrogen and oxygen atoms in total. The number of aliphatic carboxylic acids is 1. The van der Waals surface area contributed by atoms with Crippen molar-refractivity contribution in [1.29, 1.82) is 5.90 Å². The third-order valence-electron chi connectivity index (χ3n) is 13.7. The van der Waals surface area contributed by atoms with E-state index in [0.717, 1.165) is 59.9 Å². The summed E-state index contributed by atoms with van der Waals surface area (Å²) in [4.78, 5) is 122. The number of carbonyl (C=O) groups excluding carboxylic acids is 10. The molecule has 3 heterocycles. The number of aromatic hydroxyl groups is 1. The number of aliphatic hydroxyl groups is 4. The molecule has 3 fully saturated rings. The smallest absolute Gasteiger partial charge is 0.232 e. The fourth-order valence-corrected chi connectivity index (χ4v) is 9.18. The number of carboxylic acid groups (broad SMARTS) is 1. The fraction of sp³-hybridized carbons (Fsp3) is 0.479. The molecule has 7 rings (SSSR count). The van der Waals surface area contributed by atoms with Crippen LogP contribution in [0.5, 0.6) is 23.0 Å². The Morgan fingerprint density at radius 1 is 0.587 bits per heavy atom. The van der Waals surface area contributed by atoms with Crippen LogP contribution in [0.2, 0.25) is 0 Å². The first-order valence-corrected chi connectivity index (χ1v) is 32.6. The Morgan fingerprint density at radius 3 is 1.12 bits per heavy atom. The molecule has 0 aliphatic carbocycles. The van der Waals surface area contributed by atoms with Crippen molar-refractivity contribution < 1.29 is 221 Å². The summed E-state index contributed by atoms with van der Waals surface area (Å²) < 4.78 is 52.4. The topological polar surface area (TPSA) is 582 Å². The summed E-state index contributed by atoms with van der Waals surface area (Å²) in [6.45, 7) is 15.6. The summed E-state index contributed by atoms with van der Waals surface area (Å²) in [5.41, 5.74) is 23.7. The van der Waals surface area contributed by atoms with E-state index in [-0.39, 0.29) is 192 Å². The SMILES string of the molecule is C.CC(C)CC1C(O)C(COC(C)C)OC(C(=O)O)C1O.CC(C)CC1C(O)C(COC(C)C)OC(C([NH-])=O)C1O.N=S.O=CCc1ccc(O)cc1.O=CCc1ccc(OC(=O)ON2C(=O)CCC2=O)cc1.[2H]C#[C+].[2H]SC.[NH-]C(=O)Oc1ccc(CC=O)cc1.[NH-]C(=O)Oc1ccc(CC=O)cc1.[NH2-].[NH2-].[NH2-].[Y].[Y].[Y]. The summed E-state index contributed by atoms with van der Waals surface area (Å²) in [6, 6.07) is 25.7. The number of thiol groups is 1. The Kier molecular flexibility index (Phi) is 75.0. The number of nitrogens with two attached hydrogens (primary N) is 3. The normalized spacial score (nSPS) is 18.7. The van der Waals surface area contributed by atoms with Crippen LogP contribution in [0.4, 0.5) is 14.4 Å². The Labute approximate surface area is 726 Å². The molecule has 3 saturated heterocycles. The Balaban J connectivity index is -0.000000157. The van der Waals surface area contributed by atoms with Crippen LogP contribution in [-0.2, 0) is 198 Å². The average Bonchev–Trinajstić information content (AvgIpc) is 1.23. The standard InChI is InChI=1S/C14H27NO5.C14H26O6.C13H11NO6.2C9H9NO3.C8H8O2.C2H.CH4S.CH4.HNS.3H2N.3Y/c1-7(2)5-9-11(16)10(6-19-8(3)4)20-13(12(9)17)14(15)18;1-7(2)5-9-11(15)10(6-19-8(3)4)20-13(12(9)16)14(17)18;15-8-7-9-1-3-10(4-2-9)19-13(18)20-14-11(16)5-6-12(14)17;2*10-9(12)13-8-3-1-7(2-4-8)5-6-11;9-6-5-7-1-3-8(10)4-2-7;2*1-2;;1-2;;;;;;/h7-13,16-17H,5-6H2,1-4H3,(H2,15,18);7-13,15-16H,5-6H2,1-4H3,(H,17,18);1-4,8H,5-7H2;2*1-4,6H,5H2,(H2,10,12);1-4,6,10H,5H2;1H;2H,1H3;1H4;1H;3*1H2;;;/q;;;;;;+1;;;;3*-1;;;/p-3/i;;;;;;1D;;;;;;;;;/hD. The minimum atomic E-state index is -1.32. The van der Waals surface area contributed by atoms with Gasteiger partial charge in [0.2, 0.25) is 12.2 Å². The summed E-state index contributed by atoms with van der Waals surface area (Å²) in [7, 11) is 0. The van der Waals surface area contributed by atoms with Crippen LogP contribution < -0.4 is 14.2 Å². The maximum atomic E-state index is 11.4. The number of benzene rings is 4. The number of nitrogens with one attached hydrogen (secondary N) is 4. The number of carboxylic acids is 1. The van der Waals surface area contributed by atoms with E-state index in [4.69, 9.17) is 64.8 Å². The molecule has 4 aromatic rings. The van der Waals surface area contributed by atoms with E-state index in [1.165, 1.54) is 18.5 Å². The second-order valence-electron chi connectivity index (χ2n) is 23.1. The van der Waals surface area contributed by atoms with Crippen LogP contribution >= 0.6 is 12.5 Å². The third kappa shape index (κ3) is 51.5. The Hall–Kier alpha value is -5.73. The van der Waals surface area contributed by atoms with Crippen LogP contribution in [0.25, 0.3) is 35.7 Å². The minimum absolute atomic E-state index is 0. The van der Waals surface area contributed by atoms with Crippen LogP contribution in [0.15, 0.2) is 97.1 Å². The number of hydroxylamine groups is 2. The Bertz CT molecular complexity index is 3110. The van der Waals surface area contributed by atoms with Crippen molar-refractivity contribution in [1.82, 2.24) is 5.06 Å². The number of hydrogen-bond donors (Lipinski definition) is 8. The van der Waals surface area contributed by atoms with Crippen LogP contribution in [0.1, 0.15) is 112 Å². The second-order valence-corrected chi connectivity index (χ2v) is 23.1. The number of phenolic OH excluding ortho intramolecular Hbond substituents is 1. The Morgan fingerprint density at radius 2 is 0.862 bits per heavy atom. The molecular weight excluding hydrogens is 1700 g/mol. The summed E-state index contributed by atoms with van der Waals surface area (Å²) in [6.07, 6.45) is 2.74. The third-order valence-corrected chi connectivity index (χ3v) is 13.7. The van der Waals surface area contributed by atoms with Crippen molar-refractivity contribution in [3.8, 4) is 29.4 Å². The van der Waals surface area contributed by atoms with Gasteiger partial charge in [0.15, 0.2) is 6.10 Å². The van der Waals surface area contributed by atoms with Crippen molar-refractivity contribution in [2.24, 2.45) is 23.7 Å². The number of amides is 5. The first kappa shape index (κ1) is 117. The average molecular weight is 1800 g/mol. The van der Waals surface area contributed by atoms with E-state index in [1.807, 2.05) is 55.4 Å². The molecular formula is C71H103N8O25S2Y3-5. The zero-order chi connectivity index (χ0) is 79.6. The van der Waals surface area contributed by atoms with Gasteiger partial charge in [-0.3, -0.25) is 24.0 Å². The van der Waals surface area contributed by atoms with E-state index in [0.29, 0.717) is 48.7 Å². The van der Waals surface area contributed by atoms with Gasteiger partial charge in [0.25, 0.3) is 11.8 Å². The first-order valence-electron chi connectivity index (χ1n) is 32.3. The molecule has 16 N–H and O–H groups in total.